The number of nitrogens with zero attached hydrogens (tertiary/aromatic N) is 1. The summed E-state index contributed by atoms with van der Waals surface area (Å²) in [6, 6.07) is 8.00. The second kappa shape index (κ2) is 8.40. The summed E-state index contributed by atoms with van der Waals surface area (Å²) in [4.78, 5) is 16.6. The highest BCUT2D eigenvalue weighted by Crippen LogP contribution is 2.38. The third-order valence-corrected chi connectivity index (χ3v) is 6.73. The van der Waals surface area contributed by atoms with Gasteiger partial charge in [-0.25, -0.2) is 22.6 Å². The second-order valence-corrected chi connectivity index (χ2v) is 9.26. The average Bonchev–Trinajstić information content (AvgIpc) is 2.76. The number of pyridine rings is 1. The maximum Gasteiger partial charge on any atom is 0.338 e. The summed E-state index contributed by atoms with van der Waals surface area (Å²) in [5.41, 5.74) is 1.30. The van der Waals surface area contributed by atoms with Crippen molar-refractivity contribution in [1.29, 1.82) is 0 Å². The smallest absolute Gasteiger partial charge is 0.338 e. The number of carbonyl (C=O) groups excluding carboxylic acids is 1. The molecule has 0 radical (unpaired) electrons. The van der Waals surface area contributed by atoms with Gasteiger partial charge in [-0.05, 0) is 57.4 Å². The van der Waals surface area contributed by atoms with E-state index in [1.54, 1.807) is 0 Å². The molecule has 8 nitrogen and oxygen atoms in total. The molecule has 1 N–H and O–H groups in total. The van der Waals surface area contributed by atoms with E-state index < -0.39 is 21.8 Å². The highest BCUT2D eigenvalue weighted by Gasteiger charge is 2.27. The van der Waals surface area contributed by atoms with Crippen LogP contribution >= 0.6 is 15.9 Å². The molecule has 11 heteroatoms. The molecule has 0 aliphatic carbocycles. The number of nitrogens with one attached hydrogen (secondary N) is 1. The largest absolute Gasteiger partial charge is 0.494 e. The van der Waals surface area contributed by atoms with Crippen molar-refractivity contribution in [3.8, 4) is 22.8 Å². The zero-order chi connectivity index (χ0) is 23.0. The number of halogens is 2. The van der Waals surface area contributed by atoms with Gasteiger partial charge in [0.05, 0.1) is 24.3 Å². The van der Waals surface area contributed by atoms with Crippen LogP contribution in [0.4, 0.5) is 10.1 Å². The first-order valence-electron chi connectivity index (χ1n) is 9.14. The summed E-state index contributed by atoms with van der Waals surface area (Å²) in [5.74, 6) is -1.27. The molecule has 0 unspecified atom stereocenters. The fourth-order valence-electron chi connectivity index (χ4n) is 3.29. The van der Waals surface area contributed by atoms with E-state index in [1.807, 2.05) is 0 Å². The van der Waals surface area contributed by atoms with Gasteiger partial charge in [0.15, 0.2) is 5.75 Å². The lowest BCUT2D eigenvalue weighted by molar-refractivity contribution is 0.0473. The number of hydrogen-bond donors (Lipinski definition) is 1. The standard InChI is InChI=1S/C21H16BrFN2O6S/c1-29-19-16(22)5-12-7-18(19)32(27,28)25-17-6-13(9-24-20(17)30-2)15-8-14(23)4-3-11(15)10-31-21(12)26/h3-9,25H,10H2,1-2H3. The van der Waals surface area contributed by atoms with E-state index in [0.29, 0.717) is 16.7 Å². The molecule has 0 amide bonds. The lowest BCUT2D eigenvalue weighted by atomic mass is 10.0. The molecule has 2 aromatic carbocycles. The predicted molar refractivity (Wildman–Crippen MR) is 117 cm³/mol. The van der Waals surface area contributed by atoms with E-state index in [2.05, 4.69) is 25.6 Å². The number of benzene rings is 2. The van der Waals surface area contributed by atoms with Crippen molar-refractivity contribution in [1.82, 2.24) is 4.98 Å². The van der Waals surface area contributed by atoms with Gasteiger partial charge >= 0.3 is 5.97 Å². The first-order chi connectivity index (χ1) is 15.2. The minimum absolute atomic E-state index is 0.00244. The lowest BCUT2D eigenvalue weighted by Crippen LogP contribution is -2.16. The number of aromatic nitrogens is 1. The number of cyclic esters (lactones) is 1. The van der Waals surface area contributed by atoms with E-state index in [1.165, 1.54) is 50.7 Å². The number of hydrogen-bond acceptors (Lipinski definition) is 7. The molecule has 0 saturated carbocycles. The molecule has 3 aromatic rings. The SMILES string of the molecule is COc1ncc2cc1NS(=O)(=O)c1cc(cc(Br)c1OC)C(=O)OCc1ccc(F)cc1-2. The van der Waals surface area contributed by atoms with Gasteiger partial charge in [-0.2, -0.15) is 0 Å². The first kappa shape index (κ1) is 22.0. The Balaban J connectivity index is 2.01. The van der Waals surface area contributed by atoms with Gasteiger partial charge < -0.3 is 14.2 Å². The van der Waals surface area contributed by atoms with Crippen molar-refractivity contribution < 1.29 is 31.8 Å². The van der Waals surface area contributed by atoms with Crippen LogP contribution in [0.1, 0.15) is 15.9 Å². The maximum absolute atomic E-state index is 14.0. The highest BCUT2D eigenvalue weighted by molar-refractivity contribution is 9.10. The predicted octanol–water partition coefficient (Wildman–Crippen LogP) is 4.14. The Morgan fingerprint density at radius 1 is 1.12 bits per heavy atom. The van der Waals surface area contributed by atoms with Crippen LogP contribution in [0, 0.1) is 5.82 Å². The molecule has 0 atom stereocenters. The Hall–Kier alpha value is -3.18. The molecular weight excluding hydrogens is 507 g/mol. The van der Waals surface area contributed by atoms with E-state index >= 15 is 0 Å². The Kier molecular flexibility index (Phi) is 5.78. The third-order valence-electron chi connectivity index (χ3n) is 4.77. The van der Waals surface area contributed by atoms with E-state index in [0.717, 1.165) is 6.07 Å². The fraction of sp³-hybridized carbons (Fsp3) is 0.143. The summed E-state index contributed by atoms with van der Waals surface area (Å²) in [6.07, 6.45) is 1.41. The molecule has 1 aromatic heterocycles. The number of anilines is 1. The minimum Gasteiger partial charge on any atom is -0.494 e. The Bertz CT molecular complexity index is 1350. The molecule has 1 aliphatic heterocycles. The van der Waals surface area contributed by atoms with E-state index in [9.17, 15) is 17.6 Å². The normalized spacial score (nSPS) is 14.6. The van der Waals surface area contributed by atoms with Crippen molar-refractivity contribution in [2.45, 2.75) is 11.5 Å². The average molecular weight is 523 g/mol. The Morgan fingerprint density at radius 3 is 2.62 bits per heavy atom. The Morgan fingerprint density at radius 2 is 1.91 bits per heavy atom. The summed E-state index contributed by atoms with van der Waals surface area (Å²) in [5, 5.41) is 0. The first-order valence-corrected chi connectivity index (χ1v) is 11.4. The van der Waals surface area contributed by atoms with Crippen LogP contribution in [0.3, 0.4) is 0 Å². The van der Waals surface area contributed by atoms with Crippen LogP contribution < -0.4 is 14.2 Å². The molecule has 0 saturated heterocycles. The van der Waals surface area contributed by atoms with Gasteiger partial charge in [0.2, 0.25) is 5.88 Å². The molecule has 0 fully saturated rings. The molecule has 0 spiro atoms. The zero-order valence-corrected chi connectivity index (χ0v) is 19.2. The van der Waals surface area contributed by atoms with Crippen molar-refractivity contribution in [3.05, 3.63) is 64.0 Å². The fourth-order valence-corrected chi connectivity index (χ4v) is 5.31. The number of ether oxygens (including phenoxy) is 3. The zero-order valence-electron chi connectivity index (χ0n) is 16.8. The van der Waals surface area contributed by atoms with Crippen molar-refractivity contribution in [3.63, 3.8) is 0 Å². The van der Waals surface area contributed by atoms with Gasteiger partial charge in [-0.3, -0.25) is 4.72 Å². The number of methoxy groups -OCH3 is 2. The molecule has 1 aliphatic rings. The molecule has 166 valence electrons. The van der Waals surface area contributed by atoms with Crippen molar-refractivity contribution in [2.24, 2.45) is 0 Å². The number of carbonyl (C=O) groups is 1. The molecular formula is C21H16BrFN2O6S. The maximum atomic E-state index is 14.0. The van der Waals surface area contributed by atoms with Gasteiger partial charge in [0, 0.05) is 11.8 Å². The highest BCUT2D eigenvalue weighted by atomic mass is 79.9. The molecule has 4 bridgehead atoms. The Labute approximate surface area is 191 Å². The number of sulfonamides is 1. The number of rotatable bonds is 2. The summed E-state index contributed by atoms with van der Waals surface area (Å²) in [7, 11) is -1.63. The molecule has 4 rings (SSSR count). The van der Waals surface area contributed by atoms with Gasteiger partial charge in [0.25, 0.3) is 10.0 Å². The summed E-state index contributed by atoms with van der Waals surface area (Å²) >= 11 is 3.24. The van der Waals surface area contributed by atoms with Crippen LogP contribution in [0.25, 0.3) is 11.1 Å². The third kappa shape index (κ3) is 4.00. The molecule has 2 heterocycles. The monoisotopic (exact) mass is 522 g/mol. The van der Waals surface area contributed by atoms with Crippen LogP contribution in [0.5, 0.6) is 11.6 Å². The lowest BCUT2D eigenvalue weighted by Gasteiger charge is -2.16. The number of esters is 1. The van der Waals surface area contributed by atoms with Gasteiger partial charge in [0.1, 0.15) is 23.0 Å². The summed E-state index contributed by atoms with van der Waals surface area (Å²) < 4.78 is 59.1. The van der Waals surface area contributed by atoms with Crippen molar-refractivity contribution >= 4 is 37.6 Å². The van der Waals surface area contributed by atoms with E-state index in [-0.39, 0.29) is 38.9 Å². The van der Waals surface area contributed by atoms with E-state index in [4.69, 9.17) is 14.2 Å². The van der Waals surface area contributed by atoms with Gasteiger partial charge in [-0.1, -0.05) is 6.07 Å². The van der Waals surface area contributed by atoms with Crippen LogP contribution in [0.2, 0.25) is 0 Å². The van der Waals surface area contributed by atoms with Crippen LogP contribution in [-0.2, 0) is 21.4 Å². The van der Waals surface area contributed by atoms with Gasteiger partial charge in [-0.15, -0.1) is 0 Å². The van der Waals surface area contributed by atoms with Crippen LogP contribution in [-0.4, -0.2) is 33.6 Å². The molecule has 32 heavy (non-hydrogen) atoms. The topological polar surface area (TPSA) is 104 Å². The van der Waals surface area contributed by atoms with Crippen LogP contribution in [0.15, 0.2) is 52.0 Å². The number of fused-ring (bicyclic) bond motifs is 6. The quantitative estimate of drug-likeness (QED) is 0.504. The second-order valence-electron chi connectivity index (χ2n) is 6.75. The minimum atomic E-state index is -4.27. The van der Waals surface area contributed by atoms with Crippen molar-refractivity contribution in [2.75, 3.05) is 18.9 Å². The summed E-state index contributed by atoms with van der Waals surface area (Å²) in [6.45, 7) is -0.172.